The number of hydrogen-bond donors (Lipinski definition) is 1. The maximum Gasteiger partial charge on any atom is 0.416 e. The van der Waals surface area contributed by atoms with Crippen LogP contribution in [-0.4, -0.2) is 6.41 Å². The van der Waals surface area contributed by atoms with Crippen molar-refractivity contribution in [3.8, 4) is 0 Å². The van der Waals surface area contributed by atoms with E-state index in [1.807, 2.05) is 0 Å². The largest absolute Gasteiger partial charge is 0.416 e. The van der Waals surface area contributed by atoms with E-state index in [-0.39, 0.29) is 12.1 Å². The first kappa shape index (κ1) is 10.6. The van der Waals surface area contributed by atoms with Crippen molar-refractivity contribution >= 4 is 6.41 Å². The Hall–Kier alpha value is -1.52. The molecule has 76 valence electrons. The second kappa shape index (κ2) is 4.13. The van der Waals surface area contributed by atoms with Gasteiger partial charge in [0, 0.05) is 6.54 Å². The molecule has 1 amide bonds. The van der Waals surface area contributed by atoms with Gasteiger partial charge in [0.25, 0.3) is 0 Å². The number of carbonyl (C=O) groups excluding carboxylic acids is 1. The van der Waals surface area contributed by atoms with Crippen LogP contribution in [0.25, 0.3) is 0 Å². The lowest BCUT2D eigenvalue weighted by Gasteiger charge is -2.11. The number of hydrogen-bond acceptors (Lipinski definition) is 1. The van der Waals surface area contributed by atoms with Crippen LogP contribution in [0.1, 0.15) is 11.1 Å². The van der Waals surface area contributed by atoms with Crippen LogP contribution in [0.3, 0.4) is 0 Å². The summed E-state index contributed by atoms with van der Waals surface area (Å²) in [4.78, 5) is 9.95. The van der Waals surface area contributed by atoms with Crippen LogP contribution >= 0.6 is 0 Å². The third-order valence-electron chi connectivity index (χ3n) is 1.70. The van der Waals surface area contributed by atoms with Gasteiger partial charge in [0.2, 0.25) is 6.41 Å². The Morgan fingerprint density at radius 1 is 1.29 bits per heavy atom. The molecule has 0 unspecified atom stereocenters. The number of alkyl halides is 3. The maximum absolute atomic E-state index is 12.4. The number of rotatable bonds is 3. The molecule has 1 N–H and O–H groups in total. The second-order valence-electron chi connectivity index (χ2n) is 2.65. The average Bonchev–Trinajstić information content (AvgIpc) is 2.14. The minimum atomic E-state index is -4.37. The van der Waals surface area contributed by atoms with Gasteiger partial charge in [-0.15, -0.1) is 0 Å². The fraction of sp³-hybridized carbons (Fsp3) is 0.222. The third kappa shape index (κ3) is 2.48. The van der Waals surface area contributed by atoms with Gasteiger partial charge in [0.15, 0.2) is 0 Å². The summed E-state index contributed by atoms with van der Waals surface area (Å²) in [6.45, 7) is -0.112. The molecule has 0 aliphatic rings. The Labute approximate surface area is 78.7 Å². The highest BCUT2D eigenvalue weighted by Crippen LogP contribution is 2.31. The maximum atomic E-state index is 12.4. The smallest absolute Gasteiger partial charge is 0.355 e. The average molecular weight is 203 g/mol. The molecule has 2 nitrogen and oxygen atoms in total. The van der Waals surface area contributed by atoms with E-state index in [1.54, 1.807) is 0 Å². The van der Waals surface area contributed by atoms with Crippen LogP contribution < -0.4 is 5.32 Å². The minimum Gasteiger partial charge on any atom is -0.355 e. The molecule has 0 aliphatic carbocycles. The molecule has 0 aliphatic heterocycles. The predicted molar refractivity (Wildman–Crippen MR) is 44.3 cm³/mol. The monoisotopic (exact) mass is 203 g/mol. The van der Waals surface area contributed by atoms with Crippen molar-refractivity contribution in [3.63, 3.8) is 0 Å². The fourth-order valence-electron chi connectivity index (χ4n) is 1.10. The van der Waals surface area contributed by atoms with E-state index in [1.165, 1.54) is 18.2 Å². The Balaban J connectivity index is 2.97. The molecule has 5 heteroatoms. The van der Waals surface area contributed by atoms with Crippen LogP contribution in [0, 0.1) is 0 Å². The van der Waals surface area contributed by atoms with Crippen molar-refractivity contribution in [2.24, 2.45) is 0 Å². The molecule has 1 aromatic carbocycles. The summed E-state index contributed by atoms with van der Waals surface area (Å²) < 4.78 is 37.1. The van der Waals surface area contributed by atoms with Crippen molar-refractivity contribution in [3.05, 3.63) is 35.4 Å². The summed E-state index contributed by atoms with van der Waals surface area (Å²) in [6.07, 6.45) is -4.01. The van der Waals surface area contributed by atoms with Crippen molar-refractivity contribution in [1.29, 1.82) is 0 Å². The van der Waals surface area contributed by atoms with Gasteiger partial charge in [-0.2, -0.15) is 13.2 Å². The molecule has 14 heavy (non-hydrogen) atoms. The van der Waals surface area contributed by atoms with E-state index in [4.69, 9.17) is 0 Å². The summed E-state index contributed by atoms with van der Waals surface area (Å²) >= 11 is 0. The van der Waals surface area contributed by atoms with Gasteiger partial charge in [-0.05, 0) is 11.6 Å². The van der Waals surface area contributed by atoms with E-state index in [0.29, 0.717) is 6.41 Å². The number of benzene rings is 1. The van der Waals surface area contributed by atoms with Gasteiger partial charge in [-0.3, -0.25) is 4.79 Å². The SMILES string of the molecule is O=CNCc1ccccc1C(F)(F)F. The predicted octanol–water partition coefficient (Wildman–Crippen LogP) is 1.95. The van der Waals surface area contributed by atoms with Gasteiger partial charge in [0.05, 0.1) is 5.56 Å². The topological polar surface area (TPSA) is 29.1 Å². The Kier molecular flexibility index (Phi) is 3.11. The van der Waals surface area contributed by atoms with Crippen molar-refractivity contribution in [1.82, 2.24) is 5.32 Å². The molecule has 1 rings (SSSR count). The molecule has 0 atom stereocenters. The lowest BCUT2D eigenvalue weighted by atomic mass is 10.1. The van der Waals surface area contributed by atoms with Crippen LogP contribution in [0.5, 0.6) is 0 Å². The molecule has 1 aromatic rings. The van der Waals surface area contributed by atoms with Crippen molar-refractivity contribution < 1.29 is 18.0 Å². The first-order valence-electron chi connectivity index (χ1n) is 3.88. The van der Waals surface area contributed by atoms with E-state index >= 15 is 0 Å². The molecule has 0 heterocycles. The second-order valence-corrected chi connectivity index (χ2v) is 2.65. The number of nitrogens with one attached hydrogen (secondary N) is 1. The van der Waals surface area contributed by atoms with Gasteiger partial charge in [-0.25, -0.2) is 0 Å². The summed E-state index contributed by atoms with van der Waals surface area (Å²) in [7, 11) is 0. The van der Waals surface area contributed by atoms with Gasteiger partial charge < -0.3 is 5.32 Å². The molecular formula is C9H8F3NO. The van der Waals surface area contributed by atoms with Crippen LogP contribution in [0.15, 0.2) is 24.3 Å². The molecule has 0 bridgehead atoms. The number of halogens is 3. The molecule has 0 aromatic heterocycles. The summed E-state index contributed by atoms with van der Waals surface area (Å²) in [5.74, 6) is 0. The minimum absolute atomic E-state index is 0.0621. The molecule has 0 radical (unpaired) electrons. The van der Waals surface area contributed by atoms with Crippen molar-refractivity contribution in [2.75, 3.05) is 0 Å². The van der Waals surface area contributed by atoms with E-state index < -0.39 is 11.7 Å². The van der Waals surface area contributed by atoms with E-state index in [2.05, 4.69) is 5.32 Å². The lowest BCUT2D eigenvalue weighted by Crippen LogP contribution is -2.15. The van der Waals surface area contributed by atoms with Crippen LogP contribution in [0.4, 0.5) is 13.2 Å². The zero-order valence-corrected chi connectivity index (χ0v) is 7.14. The first-order chi connectivity index (χ1) is 6.55. The zero-order chi connectivity index (χ0) is 10.6. The standard InChI is InChI=1S/C9H8F3NO/c10-9(11,12)8-4-2-1-3-7(8)5-13-6-14/h1-4,6H,5H2,(H,13,14). The third-order valence-corrected chi connectivity index (χ3v) is 1.70. The highest BCUT2D eigenvalue weighted by Gasteiger charge is 2.32. The van der Waals surface area contributed by atoms with E-state index in [9.17, 15) is 18.0 Å². The zero-order valence-electron chi connectivity index (χ0n) is 7.14. The highest BCUT2D eigenvalue weighted by atomic mass is 19.4. The number of amides is 1. The molecule has 0 saturated carbocycles. The number of carbonyl (C=O) groups is 1. The molecule has 0 saturated heterocycles. The fourth-order valence-corrected chi connectivity index (χ4v) is 1.10. The Morgan fingerprint density at radius 2 is 1.93 bits per heavy atom. The summed E-state index contributed by atoms with van der Waals surface area (Å²) in [5, 5.41) is 2.20. The quantitative estimate of drug-likeness (QED) is 0.747. The lowest BCUT2D eigenvalue weighted by molar-refractivity contribution is -0.138. The molecule has 0 spiro atoms. The van der Waals surface area contributed by atoms with Gasteiger partial charge in [0.1, 0.15) is 0 Å². The van der Waals surface area contributed by atoms with Crippen LogP contribution in [-0.2, 0) is 17.5 Å². The Morgan fingerprint density at radius 3 is 2.50 bits per heavy atom. The van der Waals surface area contributed by atoms with Gasteiger partial charge in [-0.1, -0.05) is 18.2 Å². The normalized spacial score (nSPS) is 11.1. The van der Waals surface area contributed by atoms with Crippen molar-refractivity contribution in [2.45, 2.75) is 12.7 Å². The molecule has 0 fully saturated rings. The highest BCUT2D eigenvalue weighted by molar-refractivity contribution is 5.46. The molecular weight excluding hydrogens is 195 g/mol. The first-order valence-corrected chi connectivity index (χ1v) is 3.88. The Bertz CT molecular complexity index is 322. The van der Waals surface area contributed by atoms with Crippen LogP contribution in [0.2, 0.25) is 0 Å². The van der Waals surface area contributed by atoms with E-state index in [0.717, 1.165) is 6.07 Å². The summed E-state index contributed by atoms with van der Waals surface area (Å²) in [5.41, 5.74) is -0.651. The summed E-state index contributed by atoms with van der Waals surface area (Å²) in [6, 6.07) is 5.13. The van der Waals surface area contributed by atoms with Gasteiger partial charge >= 0.3 is 6.18 Å².